The van der Waals surface area contributed by atoms with E-state index in [9.17, 15) is 4.79 Å². The summed E-state index contributed by atoms with van der Waals surface area (Å²) in [6.07, 6.45) is 1.65. The monoisotopic (exact) mass is 395 g/mol. The fourth-order valence-corrected chi connectivity index (χ4v) is 3.88. The molecule has 1 aromatic carbocycles. The number of benzene rings is 1. The molecule has 0 fully saturated rings. The minimum absolute atomic E-state index is 0.252. The van der Waals surface area contributed by atoms with Crippen molar-refractivity contribution in [1.29, 1.82) is 0 Å². The summed E-state index contributed by atoms with van der Waals surface area (Å²) in [6.45, 7) is 9.96. The first-order chi connectivity index (χ1) is 13.4. The normalized spacial score (nSPS) is 10.9. The second-order valence-corrected chi connectivity index (χ2v) is 8.07. The summed E-state index contributed by atoms with van der Waals surface area (Å²) in [5.74, 6) is 1.41. The number of aryl methyl sites for hydroxylation is 3. The highest BCUT2D eigenvalue weighted by molar-refractivity contribution is 7.18. The van der Waals surface area contributed by atoms with Gasteiger partial charge in [0.1, 0.15) is 17.3 Å². The number of para-hydroxylation sites is 1. The zero-order chi connectivity index (χ0) is 20.3. The molecule has 0 atom stereocenters. The summed E-state index contributed by atoms with van der Waals surface area (Å²) >= 11 is 1.74. The Hall–Kier alpha value is -2.80. The zero-order valence-corrected chi connectivity index (χ0v) is 17.6. The molecule has 6 nitrogen and oxygen atoms in total. The third kappa shape index (κ3) is 4.20. The van der Waals surface area contributed by atoms with Crippen LogP contribution >= 0.6 is 11.3 Å². The number of carbonyl (C=O) groups is 1. The van der Waals surface area contributed by atoms with Gasteiger partial charge in [0, 0.05) is 17.3 Å². The van der Waals surface area contributed by atoms with Gasteiger partial charge in [0.25, 0.3) is 0 Å². The summed E-state index contributed by atoms with van der Waals surface area (Å²) in [6, 6.07) is 8.45. The Balaban J connectivity index is 0.000000188. The van der Waals surface area contributed by atoms with Gasteiger partial charge in [0.15, 0.2) is 6.29 Å². The van der Waals surface area contributed by atoms with Crippen LogP contribution in [0.5, 0.6) is 0 Å². The fourth-order valence-electron chi connectivity index (χ4n) is 3.05. The number of nitrogens with one attached hydrogen (secondary N) is 2. The van der Waals surface area contributed by atoms with E-state index < -0.39 is 0 Å². The number of hydrogen-bond donors (Lipinski definition) is 2. The van der Waals surface area contributed by atoms with Gasteiger partial charge in [-0.1, -0.05) is 19.1 Å². The maximum Gasteiger partial charge on any atom is 0.152 e. The molecule has 0 aliphatic carbocycles. The Labute approximate surface area is 168 Å². The highest BCUT2D eigenvalue weighted by atomic mass is 32.1. The van der Waals surface area contributed by atoms with Crippen molar-refractivity contribution in [3.63, 3.8) is 0 Å². The van der Waals surface area contributed by atoms with E-state index >= 15 is 0 Å². The van der Waals surface area contributed by atoms with Crippen molar-refractivity contribution < 1.29 is 4.79 Å². The average Bonchev–Trinajstić information content (AvgIpc) is 3.20. The topological polar surface area (TPSA) is 83.6 Å². The van der Waals surface area contributed by atoms with E-state index in [0.29, 0.717) is 11.4 Å². The number of H-pyrrole nitrogens is 1. The maximum atomic E-state index is 11.3. The van der Waals surface area contributed by atoms with Gasteiger partial charge in [-0.3, -0.25) is 4.79 Å². The van der Waals surface area contributed by atoms with Crippen LogP contribution in [0.25, 0.3) is 21.3 Å². The number of aromatic nitrogens is 4. The lowest BCUT2D eigenvalue weighted by Crippen LogP contribution is -2.12. The lowest BCUT2D eigenvalue weighted by molar-refractivity contribution is 0.112. The van der Waals surface area contributed by atoms with E-state index in [1.807, 2.05) is 52.8 Å². The van der Waals surface area contributed by atoms with Gasteiger partial charge >= 0.3 is 0 Å². The molecule has 146 valence electrons. The number of rotatable bonds is 4. The number of aldehydes is 1. The fraction of sp³-hybridized carbons (Fsp3) is 0.333. The number of aromatic amines is 1. The molecule has 0 saturated heterocycles. The van der Waals surface area contributed by atoms with Crippen molar-refractivity contribution in [3.8, 4) is 0 Å². The molecular weight excluding hydrogens is 370 g/mol. The van der Waals surface area contributed by atoms with Crippen LogP contribution in [0.2, 0.25) is 0 Å². The molecule has 28 heavy (non-hydrogen) atoms. The molecule has 0 radical (unpaired) electrons. The third-order valence-corrected chi connectivity index (χ3v) is 5.13. The molecule has 4 aromatic rings. The molecule has 0 aliphatic heterocycles. The molecule has 7 heteroatoms. The molecule has 0 saturated carbocycles. The van der Waals surface area contributed by atoms with Crippen LogP contribution < -0.4 is 5.32 Å². The molecule has 0 bridgehead atoms. The molecule has 0 aliphatic rings. The molecule has 0 amide bonds. The SMILES string of the molecule is CCc1[nH]c2nc(C)nc(NC(C)C)c2c1C=O.Cc1nc2ccccc2s1. The standard InChI is InChI=1S/C13H18N4O.C8H7NS/c1-5-10-9(6-18)11-12(14-7(2)3)15-8(4)16-13(11)17-10;1-6-9-7-4-2-3-5-8(7)10-6/h6-7H,5H2,1-4H3,(H2,14,15,16,17);2-5H,1H3. The van der Waals surface area contributed by atoms with Crippen molar-refractivity contribution >= 4 is 44.7 Å². The first-order valence-corrected chi connectivity index (χ1v) is 10.2. The van der Waals surface area contributed by atoms with Gasteiger partial charge in [0.2, 0.25) is 0 Å². The largest absolute Gasteiger partial charge is 0.367 e. The molecular formula is C21H25N5OS. The van der Waals surface area contributed by atoms with Gasteiger partial charge in [-0.15, -0.1) is 11.3 Å². The van der Waals surface area contributed by atoms with Crippen LogP contribution in [0.3, 0.4) is 0 Å². The van der Waals surface area contributed by atoms with Crippen LogP contribution in [0.15, 0.2) is 24.3 Å². The highest BCUT2D eigenvalue weighted by Crippen LogP contribution is 2.27. The zero-order valence-electron chi connectivity index (χ0n) is 16.8. The van der Waals surface area contributed by atoms with E-state index in [-0.39, 0.29) is 6.04 Å². The highest BCUT2D eigenvalue weighted by Gasteiger charge is 2.16. The van der Waals surface area contributed by atoms with Crippen LogP contribution in [0, 0.1) is 13.8 Å². The Bertz CT molecular complexity index is 1080. The number of hydrogen-bond acceptors (Lipinski definition) is 6. The molecule has 3 aromatic heterocycles. The predicted molar refractivity (Wildman–Crippen MR) is 117 cm³/mol. The van der Waals surface area contributed by atoms with Crippen molar-refractivity contribution in [3.05, 3.63) is 46.4 Å². The minimum atomic E-state index is 0.252. The van der Waals surface area contributed by atoms with Gasteiger partial charge in [-0.05, 0) is 46.2 Å². The summed E-state index contributed by atoms with van der Waals surface area (Å²) in [5, 5.41) is 5.20. The van der Waals surface area contributed by atoms with E-state index in [1.54, 1.807) is 11.3 Å². The van der Waals surface area contributed by atoms with Crippen molar-refractivity contribution in [2.75, 3.05) is 5.32 Å². The summed E-state index contributed by atoms with van der Waals surface area (Å²) in [4.78, 5) is 27.6. The van der Waals surface area contributed by atoms with Gasteiger partial charge in [-0.2, -0.15) is 0 Å². The van der Waals surface area contributed by atoms with Crippen LogP contribution in [-0.4, -0.2) is 32.3 Å². The van der Waals surface area contributed by atoms with E-state index in [1.165, 1.54) is 4.70 Å². The predicted octanol–water partition coefficient (Wildman–Crippen LogP) is 5.07. The van der Waals surface area contributed by atoms with Crippen LogP contribution in [0.1, 0.15) is 47.7 Å². The average molecular weight is 396 g/mol. The first-order valence-electron chi connectivity index (χ1n) is 9.36. The van der Waals surface area contributed by atoms with Gasteiger partial charge < -0.3 is 10.3 Å². The number of fused-ring (bicyclic) bond motifs is 2. The van der Waals surface area contributed by atoms with E-state index in [4.69, 9.17) is 0 Å². The van der Waals surface area contributed by atoms with Gasteiger partial charge in [0.05, 0.1) is 20.6 Å². The lowest BCUT2D eigenvalue weighted by atomic mass is 10.1. The number of thiazole rings is 1. The van der Waals surface area contributed by atoms with Crippen molar-refractivity contribution in [2.24, 2.45) is 0 Å². The summed E-state index contributed by atoms with van der Waals surface area (Å²) in [5.41, 5.74) is 3.41. The summed E-state index contributed by atoms with van der Waals surface area (Å²) < 4.78 is 1.28. The molecule has 4 rings (SSSR count). The minimum Gasteiger partial charge on any atom is -0.367 e. The van der Waals surface area contributed by atoms with Gasteiger partial charge in [-0.25, -0.2) is 15.0 Å². The Morgan fingerprint density at radius 2 is 1.93 bits per heavy atom. The van der Waals surface area contributed by atoms with Crippen molar-refractivity contribution in [1.82, 2.24) is 19.9 Å². The number of nitrogens with zero attached hydrogens (tertiary/aromatic N) is 3. The smallest absolute Gasteiger partial charge is 0.152 e. The van der Waals surface area contributed by atoms with E-state index in [0.717, 1.165) is 45.8 Å². The second-order valence-electron chi connectivity index (χ2n) is 6.83. The maximum absolute atomic E-state index is 11.3. The van der Waals surface area contributed by atoms with Crippen LogP contribution in [-0.2, 0) is 6.42 Å². The lowest BCUT2D eigenvalue weighted by Gasteiger charge is -2.10. The second kappa shape index (κ2) is 8.48. The van der Waals surface area contributed by atoms with E-state index in [2.05, 4.69) is 31.3 Å². The number of anilines is 1. The number of carbonyl (C=O) groups excluding carboxylic acids is 1. The molecule has 0 unspecified atom stereocenters. The Morgan fingerprint density at radius 1 is 1.18 bits per heavy atom. The Kier molecular flexibility index (Phi) is 6.04. The third-order valence-electron chi connectivity index (χ3n) is 4.18. The molecule has 2 N–H and O–H groups in total. The quantitative estimate of drug-likeness (QED) is 0.472. The first kappa shape index (κ1) is 19.9. The molecule has 0 spiro atoms. The Morgan fingerprint density at radius 3 is 2.57 bits per heavy atom. The molecule has 3 heterocycles. The summed E-state index contributed by atoms with van der Waals surface area (Å²) in [7, 11) is 0. The van der Waals surface area contributed by atoms with Crippen LogP contribution in [0.4, 0.5) is 5.82 Å². The van der Waals surface area contributed by atoms with Crippen molar-refractivity contribution in [2.45, 2.75) is 47.1 Å².